The Labute approximate surface area is 263 Å². The van der Waals surface area contributed by atoms with Crippen molar-refractivity contribution in [3.05, 3.63) is 12.2 Å². The molecule has 0 rings (SSSR count). The Bertz CT molecular complexity index is 768. The van der Waals surface area contributed by atoms with E-state index in [0.717, 1.165) is 11.4 Å². The standard InChI is InChI=1S/C30H56N2O12/c1-29(2,3)43-27(34)32(28(35)44-30(4,5)6)13-15-38-17-19-40-21-23-42-25-24-41-22-20-39-18-16-37-14-12-31(7)11-9-10-26(33)36-8/h9-10H,11-25H2,1-8H3/b10-9+. The van der Waals surface area contributed by atoms with Crippen LogP contribution in [0.5, 0.6) is 0 Å². The molecule has 0 saturated carbocycles. The number of rotatable bonds is 24. The number of imide groups is 1. The highest BCUT2D eigenvalue weighted by atomic mass is 16.6. The normalized spacial score (nSPS) is 12.1. The van der Waals surface area contributed by atoms with Crippen molar-refractivity contribution in [2.24, 2.45) is 0 Å². The molecular formula is C30H56N2O12. The lowest BCUT2D eigenvalue weighted by molar-refractivity contribution is -0.134. The highest BCUT2D eigenvalue weighted by Gasteiger charge is 2.30. The van der Waals surface area contributed by atoms with E-state index in [1.807, 2.05) is 11.9 Å². The maximum absolute atomic E-state index is 12.4. The van der Waals surface area contributed by atoms with Crippen molar-refractivity contribution in [2.75, 3.05) is 113 Å². The lowest BCUT2D eigenvalue weighted by Crippen LogP contribution is -2.45. The Morgan fingerprint density at radius 1 is 0.568 bits per heavy atom. The van der Waals surface area contributed by atoms with Crippen LogP contribution in [0.15, 0.2) is 12.2 Å². The van der Waals surface area contributed by atoms with Crippen molar-refractivity contribution in [3.63, 3.8) is 0 Å². The zero-order valence-corrected chi connectivity index (χ0v) is 28.1. The molecule has 0 atom stereocenters. The Morgan fingerprint density at radius 3 is 1.25 bits per heavy atom. The zero-order valence-electron chi connectivity index (χ0n) is 28.1. The summed E-state index contributed by atoms with van der Waals surface area (Å²) in [6.07, 6.45) is 1.58. The van der Waals surface area contributed by atoms with Crippen molar-refractivity contribution in [1.82, 2.24) is 9.80 Å². The van der Waals surface area contributed by atoms with Gasteiger partial charge in [-0.3, -0.25) is 0 Å². The van der Waals surface area contributed by atoms with E-state index >= 15 is 0 Å². The molecule has 0 spiro atoms. The van der Waals surface area contributed by atoms with Crippen molar-refractivity contribution in [3.8, 4) is 0 Å². The van der Waals surface area contributed by atoms with Crippen molar-refractivity contribution < 1.29 is 57.0 Å². The summed E-state index contributed by atoms with van der Waals surface area (Å²) in [6, 6.07) is 0. The largest absolute Gasteiger partial charge is 0.466 e. The zero-order chi connectivity index (χ0) is 33.3. The molecule has 0 heterocycles. The number of ether oxygens (including phenoxy) is 9. The fourth-order valence-electron chi connectivity index (χ4n) is 2.96. The third kappa shape index (κ3) is 27.2. The highest BCUT2D eigenvalue weighted by Crippen LogP contribution is 2.14. The van der Waals surface area contributed by atoms with Gasteiger partial charge >= 0.3 is 18.2 Å². The van der Waals surface area contributed by atoms with Gasteiger partial charge in [-0.1, -0.05) is 6.08 Å². The summed E-state index contributed by atoms with van der Waals surface area (Å²) in [5.41, 5.74) is -1.50. The van der Waals surface area contributed by atoms with Crippen LogP contribution in [-0.4, -0.2) is 152 Å². The van der Waals surface area contributed by atoms with Crippen molar-refractivity contribution in [1.29, 1.82) is 0 Å². The van der Waals surface area contributed by atoms with Crippen LogP contribution in [0.2, 0.25) is 0 Å². The van der Waals surface area contributed by atoms with Gasteiger partial charge in [0.1, 0.15) is 11.2 Å². The number of esters is 1. The van der Waals surface area contributed by atoms with E-state index in [-0.39, 0.29) is 25.7 Å². The third-order valence-corrected chi connectivity index (χ3v) is 5.04. The minimum atomic E-state index is -0.787. The predicted molar refractivity (Wildman–Crippen MR) is 163 cm³/mol. The van der Waals surface area contributed by atoms with Crippen LogP contribution in [0.4, 0.5) is 9.59 Å². The summed E-state index contributed by atoms with van der Waals surface area (Å²) in [4.78, 5) is 38.8. The fraction of sp³-hybridized carbons (Fsp3) is 0.833. The summed E-state index contributed by atoms with van der Waals surface area (Å²) in [6.45, 7) is 16.6. The van der Waals surface area contributed by atoms with Gasteiger partial charge in [0.05, 0.1) is 92.9 Å². The summed E-state index contributed by atoms with van der Waals surface area (Å²) in [7, 11) is 3.29. The number of methoxy groups -OCH3 is 1. The van der Waals surface area contributed by atoms with E-state index in [9.17, 15) is 14.4 Å². The SMILES string of the molecule is COC(=O)/C=C/CN(C)CCOCCOCCOCCOCCOCCOCCN(C(=O)OC(C)(C)C)C(=O)OC(C)(C)C. The second kappa shape index (κ2) is 24.9. The van der Waals surface area contributed by atoms with Crippen LogP contribution in [0.25, 0.3) is 0 Å². The molecule has 0 saturated heterocycles. The minimum absolute atomic E-state index is 0.0103. The maximum atomic E-state index is 12.4. The molecule has 0 unspecified atom stereocenters. The number of carbonyl (C=O) groups excluding carboxylic acids is 3. The van der Waals surface area contributed by atoms with Gasteiger partial charge in [0.15, 0.2) is 0 Å². The van der Waals surface area contributed by atoms with E-state index < -0.39 is 23.4 Å². The number of nitrogens with zero attached hydrogens (tertiary/aromatic N) is 2. The molecule has 0 aromatic heterocycles. The van der Waals surface area contributed by atoms with Crippen LogP contribution >= 0.6 is 0 Å². The van der Waals surface area contributed by atoms with Crippen molar-refractivity contribution >= 4 is 18.2 Å². The van der Waals surface area contributed by atoms with E-state index in [1.165, 1.54) is 13.2 Å². The molecule has 0 aromatic carbocycles. The molecule has 14 heteroatoms. The second-order valence-electron chi connectivity index (χ2n) is 11.5. The van der Waals surface area contributed by atoms with Gasteiger partial charge in [-0.2, -0.15) is 0 Å². The highest BCUT2D eigenvalue weighted by molar-refractivity contribution is 5.88. The minimum Gasteiger partial charge on any atom is -0.466 e. The number of hydrogen-bond donors (Lipinski definition) is 0. The number of hydrogen-bond acceptors (Lipinski definition) is 13. The average molecular weight is 637 g/mol. The Balaban J connectivity index is 3.66. The molecule has 0 aliphatic heterocycles. The Kier molecular flexibility index (Phi) is 23.6. The summed E-state index contributed by atoms with van der Waals surface area (Å²) in [5, 5.41) is 0. The first-order valence-corrected chi connectivity index (χ1v) is 14.9. The molecule has 14 nitrogen and oxygen atoms in total. The van der Waals surface area contributed by atoms with Gasteiger partial charge in [0.2, 0.25) is 0 Å². The van der Waals surface area contributed by atoms with Gasteiger partial charge in [-0.05, 0) is 48.6 Å². The average Bonchev–Trinajstić information content (AvgIpc) is 2.91. The fourth-order valence-corrected chi connectivity index (χ4v) is 2.96. The molecule has 0 fully saturated rings. The molecule has 0 aliphatic rings. The summed E-state index contributed by atoms with van der Waals surface area (Å²) >= 11 is 0. The van der Waals surface area contributed by atoms with E-state index in [0.29, 0.717) is 72.6 Å². The molecule has 0 N–H and O–H groups in total. The topological polar surface area (TPSA) is 141 Å². The third-order valence-electron chi connectivity index (χ3n) is 5.04. The second-order valence-corrected chi connectivity index (χ2v) is 11.5. The Hall–Kier alpha value is -2.33. The van der Waals surface area contributed by atoms with Gasteiger partial charge in [0.25, 0.3) is 0 Å². The van der Waals surface area contributed by atoms with Gasteiger partial charge in [0, 0.05) is 19.2 Å². The van der Waals surface area contributed by atoms with Crippen LogP contribution in [0.1, 0.15) is 41.5 Å². The summed E-state index contributed by atoms with van der Waals surface area (Å²) in [5.74, 6) is -0.365. The monoisotopic (exact) mass is 636 g/mol. The van der Waals surface area contributed by atoms with E-state index in [4.69, 9.17) is 37.9 Å². The molecule has 0 radical (unpaired) electrons. The molecule has 0 bridgehead atoms. The summed E-state index contributed by atoms with van der Waals surface area (Å²) < 4.78 is 48.1. The molecule has 258 valence electrons. The molecule has 0 aromatic rings. The first kappa shape index (κ1) is 41.7. The first-order valence-electron chi connectivity index (χ1n) is 14.9. The van der Waals surface area contributed by atoms with E-state index in [2.05, 4.69) is 4.74 Å². The Morgan fingerprint density at radius 2 is 0.909 bits per heavy atom. The van der Waals surface area contributed by atoms with E-state index in [1.54, 1.807) is 47.6 Å². The maximum Gasteiger partial charge on any atom is 0.419 e. The molecule has 44 heavy (non-hydrogen) atoms. The van der Waals surface area contributed by atoms with Crippen LogP contribution in [0, 0.1) is 0 Å². The lowest BCUT2D eigenvalue weighted by atomic mass is 10.2. The number of likely N-dealkylation sites (N-methyl/N-ethyl adjacent to an activating group) is 1. The van der Waals surface area contributed by atoms with Crippen molar-refractivity contribution in [2.45, 2.75) is 52.7 Å². The smallest absolute Gasteiger partial charge is 0.419 e. The number of amides is 2. The first-order chi connectivity index (χ1) is 20.7. The van der Waals surface area contributed by atoms with Gasteiger partial charge < -0.3 is 47.5 Å². The quantitative estimate of drug-likeness (QED) is 0.0664. The lowest BCUT2D eigenvalue weighted by Gasteiger charge is -2.28. The molecule has 2 amide bonds. The molecule has 0 aliphatic carbocycles. The van der Waals surface area contributed by atoms with Gasteiger partial charge in [-0.15, -0.1) is 0 Å². The number of carbonyl (C=O) groups is 3. The van der Waals surface area contributed by atoms with Crippen LogP contribution in [0.3, 0.4) is 0 Å². The molecular weight excluding hydrogens is 580 g/mol. The van der Waals surface area contributed by atoms with Crippen LogP contribution in [-0.2, 0) is 47.4 Å². The van der Waals surface area contributed by atoms with Crippen LogP contribution < -0.4 is 0 Å². The predicted octanol–water partition coefficient (Wildman–Crippen LogP) is 2.92. The van der Waals surface area contributed by atoms with Gasteiger partial charge in [-0.25, -0.2) is 19.3 Å².